The van der Waals surface area contributed by atoms with Crippen LogP contribution in [0.5, 0.6) is 5.88 Å². The van der Waals surface area contributed by atoms with Crippen LogP contribution in [0.4, 0.5) is 0 Å². The predicted molar refractivity (Wildman–Crippen MR) is 58.8 cm³/mol. The monoisotopic (exact) mass is 232 g/mol. The molecule has 7 nitrogen and oxygen atoms in total. The molecule has 0 amide bonds. The molecule has 0 aliphatic heterocycles. The number of aromatic amines is 2. The van der Waals surface area contributed by atoms with Gasteiger partial charge in [0.1, 0.15) is 5.52 Å². The number of ether oxygens (including phenoxy) is 1. The normalized spacial score (nSPS) is 10.9. The van der Waals surface area contributed by atoms with Crippen molar-refractivity contribution in [2.75, 3.05) is 7.11 Å². The van der Waals surface area contributed by atoms with Crippen molar-refractivity contribution < 1.29 is 9.15 Å². The van der Waals surface area contributed by atoms with Crippen LogP contribution in [0.2, 0.25) is 0 Å². The van der Waals surface area contributed by atoms with E-state index in [4.69, 9.17) is 9.15 Å². The van der Waals surface area contributed by atoms with Crippen molar-refractivity contribution in [2.24, 2.45) is 0 Å². The lowest BCUT2D eigenvalue weighted by molar-refractivity contribution is 0.402. The molecule has 3 rings (SSSR count). The fourth-order valence-corrected chi connectivity index (χ4v) is 1.71. The number of rotatable bonds is 2. The zero-order valence-corrected chi connectivity index (χ0v) is 8.85. The molecule has 0 unspecified atom stereocenters. The van der Waals surface area contributed by atoms with Gasteiger partial charge in [-0.25, -0.2) is 14.9 Å². The summed E-state index contributed by atoms with van der Waals surface area (Å²) in [5, 5.41) is 6.82. The van der Waals surface area contributed by atoms with Gasteiger partial charge in [-0.15, -0.1) is 5.10 Å². The third-order valence-corrected chi connectivity index (χ3v) is 2.43. The Balaban J connectivity index is 2.28. The van der Waals surface area contributed by atoms with E-state index in [9.17, 15) is 4.79 Å². The lowest BCUT2D eigenvalue weighted by atomic mass is 10.2. The summed E-state index contributed by atoms with van der Waals surface area (Å²) in [4.78, 5) is 18.0. The van der Waals surface area contributed by atoms with Crippen LogP contribution in [0, 0.1) is 0 Å². The van der Waals surface area contributed by atoms with E-state index in [0.29, 0.717) is 11.4 Å². The largest absolute Gasteiger partial charge is 0.479 e. The van der Waals surface area contributed by atoms with Gasteiger partial charge < -0.3 is 14.1 Å². The van der Waals surface area contributed by atoms with Crippen molar-refractivity contribution >= 4 is 10.9 Å². The molecule has 0 spiro atoms. The maximum absolute atomic E-state index is 10.9. The first-order valence-corrected chi connectivity index (χ1v) is 4.85. The predicted octanol–water partition coefficient (Wildman–Crippen LogP) is 0.915. The first-order valence-electron chi connectivity index (χ1n) is 4.85. The third kappa shape index (κ3) is 1.40. The van der Waals surface area contributed by atoms with E-state index < -0.39 is 5.76 Å². The molecule has 2 N–H and O–H groups in total. The highest BCUT2D eigenvalue weighted by molar-refractivity contribution is 5.95. The van der Waals surface area contributed by atoms with Crippen molar-refractivity contribution in [3.63, 3.8) is 0 Å². The molecule has 0 aromatic carbocycles. The fourth-order valence-electron chi connectivity index (χ4n) is 1.71. The number of hydrogen-bond donors (Lipinski definition) is 2. The lowest BCUT2D eigenvalue weighted by Gasteiger charge is -1.99. The Morgan fingerprint density at radius 2 is 2.35 bits per heavy atom. The highest BCUT2D eigenvalue weighted by atomic mass is 16.5. The van der Waals surface area contributed by atoms with Crippen LogP contribution in [0.1, 0.15) is 0 Å². The van der Waals surface area contributed by atoms with E-state index in [-0.39, 0.29) is 5.89 Å². The molecule has 3 aromatic heterocycles. The molecule has 0 aliphatic carbocycles. The van der Waals surface area contributed by atoms with Gasteiger partial charge in [0.15, 0.2) is 0 Å². The molecule has 0 fully saturated rings. The van der Waals surface area contributed by atoms with Gasteiger partial charge in [-0.05, 0) is 6.07 Å². The number of pyridine rings is 1. The summed E-state index contributed by atoms with van der Waals surface area (Å²) in [5.41, 5.74) is 1.41. The summed E-state index contributed by atoms with van der Waals surface area (Å²) in [6.07, 6.45) is 3.30. The summed E-state index contributed by atoms with van der Waals surface area (Å²) >= 11 is 0. The lowest BCUT2D eigenvalue weighted by Crippen LogP contribution is -1.93. The zero-order valence-electron chi connectivity index (χ0n) is 8.85. The summed E-state index contributed by atoms with van der Waals surface area (Å²) < 4.78 is 10.0. The van der Waals surface area contributed by atoms with Crippen molar-refractivity contribution in [1.82, 2.24) is 20.2 Å². The first kappa shape index (κ1) is 9.64. The maximum atomic E-state index is 10.9. The first-order chi connectivity index (χ1) is 8.29. The van der Waals surface area contributed by atoms with Crippen LogP contribution < -0.4 is 10.5 Å². The standard InChI is InChI=1S/C10H8N4O3/c1-16-9-7-5(2-3-11-9)6(4-12-7)8-13-14-10(15)17-8/h2-4,12H,1H3,(H,14,15). The van der Waals surface area contributed by atoms with Gasteiger partial charge in [-0.2, -0.15) is 0 Å². The maximum Gasteiger partial charge on any atom is 0.434 e. The molecule has 3 aromatic rings. The van der Waals surface area contributed by atoms with E-state index in [1.54, 1.807) is 18.5 Å². The van der Waals surface area contributed by atoms with Crippen LogP contribution in [-0.2, 0) is 0 Å². The highest BCUT2D eigenvalue weighted by Gasteiger charge is 2.14. The molecular weight excluding hydrogens is 224 g/mol. The van der Waals surface area contributed by atoms with E-state index >= 15 is 0 Å². The Bertz CT molecular complexity index is 724. The highest BCUT2D eigenvalue weighted by Crippen LogP contribution is 2.30. The second-order valence-electron chi connectivity index (χ2n) is 3.36. The quantitative estimate of drug-likeness (QED) is 0.684. The second-order valence-corrected chi connectivity index (χ2v) is 3.36. The Kier molecular flexibility index (Phi) is 1.97. The number of fused-ring (bicyclic) bond motifs is 1. The van der Waals surface area contributed by atoms with Crippen molar-refractivity contribution in [3.8, 4) is 17.3 Å². The second kappa shape index (κ2) is 3.48. The molecule has 0 aliphatic rings. The van der Waals surface area contributed by atoms with Gasteiger partial charge in [-0.1, -0.05) is 0 Å². The number of nitrogens with zero attached hydrogens (tertiary/aromatic N) is 2. The summed E-state index contributed by atoms with van der Waals surface area (Å²) in [5.74, 6) is 0.122. The van der Waals surface area contributed by atoms with Crippen LogP contribution >= 0.6 is 0 Å². The number of hydrogen-bond acceptors (Lipinski definition) is 5. The molecule has 86 valence electrons. The van der Waals surface area contributed by atoms with Gasteiger partial charge in [-0.3, -0.25) is 0 Å². The number of aromatic nitrogens is 4. The SMILES string of the molecule is COc1nccc2c(-c3n[nH]c(=O)o3)c[nH]c12. The molecule has 0 atom stereocenters. The number of nitrogens with one attached hydrogen (secondary N) is 2. The molecule has 0 saturated heterocycles. The van der Waals surface area contributed by atoms with Crippen molar-refractivity contribution in [2.45, 2.75) is 0 Å². The Hall–Kier alpha value is -2.57. The van der Waals surface area contributed by atoms with Crippen molar-refractivity contribution in [3.05, 3.63) is 29.0 Å². The number of H-pyrrole nitrogens is 2. The molecule has 17 heavy (non-hydrogen) atoms. The van der Waals surface area contributed by atoms with Gasteiger partial charge in [0.05, 0.1) is 12.7 Å². The third-order valence-electron chi connectivity index (χ3n) is 2.43. The molecule has 7 heteroatoms. The topological polar surface area (TPSA) is 96.8 Å². The zero-order chi connectivity index (χ0) is 11.8. The average Bonchev–Trinajstić information content (AvgIpc) is 2.94. The Morgan fingerprint density at radius 3 is 3.06 bits per heavy atom. The minimum atomic E-state index is -0.588. The van der Waals surface area contributed by atoms with Gasteiger partial charge in [0.25, 0.3) is 5.89 Å². The minimum Gasteiger partial charge on any atom is -0.479 e. The average molecular weight is 232 g/mol. The molecular formula is C10H8N4O3. The van der Waals surface area contributed by atoms with E-state index in [0.717, 1.165) is 10.9 Å². The molecule has 0 bridgehead atoms. The van der Waals surface area contributed by atoms with Crippen LogP contribution in [-0.4, -0.2) is 27.3 Å². The molecule has 0 saturated carbocycles. The Morgan fingerprint density at radius 1 is 1.47 bits per heavy atom. The Labute approximate surface area is 94.4 Å². The summed E-state index contributed by atoms with van der Waals surface area (Å²) in [6.45, 7) is 0. The van der Waals surface area contributed by atoms with Gasteiger partial charge >= 0.3 is 5.76 Å². The van der Waals surface area contributed by atoms with Crippen LogP contribution in [0.3, 0.4) is 0 Å². The fraction of sp³-hybridized carbons (Fsp3) is 0.100. The van der Waals surface area contributed by atoms with E-state index in [1.165, 1.54) is 7.11 Å². The van der Waals surface area contributed by atoms with Crippen LogP contribution in [0.25, 0.3) is 22.4 Å². The van der Waals surface area contributed by atoms with Gasteiger partial charge in [0.2, 0.25) is 5.88 Å². The summed E-state index contributed by atoms with van der Waals surface area (Å²) in [6, 6.07) is 1.79. The van der Waals surface area contributed by atoms with Crippen molar-refractivity contribution in [1.29, 1.82) is 0 Å². The number of methoxy groups -OCH3 is 1. The smallest absolute Gasteiger partial charge is 0.434 e. The van der Waals surface area contributed by atoms with Gasteiger partial charge in [0, 0.05) is 17.8 Å². The van der Waals surface area contributed by atoms with E-state index in [2.05, 4.69) is 20.2 Å². The summed E-state index contributed by atoms with van der Waals surface area (Å²) in [7, 11) is 1.54. The van der Waals surface area contributed by atoms with E-state index in [1.807, 2.05) is 0 Å². The molecule has 3 heterocycles. The minimum absolute atomic E-state index is 0.231. The molecule has 0 radical (unpaired) electrons. The van der Waals surface area contributed by atoms with Crippen LogP contribution in [0.15, 0.2) is 27.7 Å².